The molecule has 0 aliphatic carbocycles. The smallest absolute Gasteiger partial charge is 0.291 e. The quantitative estimate of drug-likeness (QED) is 0.577. The number of aryl methyl sites for hydroxylation is 1. The fourth-order valence-corrected chi connectivity index (χ4v) is 4.71. The highest BCUT2D eigenvalue weighted by Crippen LogP contribution is 2.26. The number of hydrogen-bond acceptors (Lipinski definition) is 6. The van der Waals surface area contributed by atoms with Crippen LogP contribution in [0.25, 0.3) is 0 Å². The number of piperidine rings is 1. The van der Waals surface area contributed by atoms with Crippen LogP contribution >= 0.6 is 11.6 Å². The van der Waals surface area contributed by atoms with Crippen molar-refractivity contribution in [3.05, 3.63) is 47.0 Å². The van der Waals surface area contributed by atoms with Crippen molar-refractivity contribution in [1.29, 1.82) is 0 Å². The van der Waals surface area contributed by atoms with E-state index in [9.17, 15) is 19.5 Å². The van der Waals surface area contributed by atoms with Gasteiger partial charge in [-0.2, -0.15) is 0 Å². The highest BCUT2D eigenvalue weighted by atomic mass is 35.5. The van der Waals surface area contributed by atoms with Crippen LogP contribution in [0, 0.1) is 5.92 Å². The van der Waals surface area contributed by atoms with Gasteiger partial charge in [-0.25, -0.2) is 4.98 Å². The van der Waals surface area contributed by atoms with Crippen LogP contribution in [0.5, 0.6) is 0 Å². The summed E-state index contributed by atoms with van der Waals surface area (Å²) >= 11 is 6.38. The van der Waals surface area contributed by atoms with Gasteiger partial charge in [0.2, 0.25) is 5.91 Å². The van der Waals surface area contributed by atoms with Crippen molar-refractivity contribution in [2.45, 2.75) is 18.9 Å². The second kappa shape index (κ2) is 10.5. The molecule has 2 fully saturated rings. The van der Waals surface area contributed by atoms with Crippen molar-refractivity contribution in [3.8, 4) is 0 Å². The van der Waals surface area contributed by atoms with Crippen molar-refractivity contribution in [3.63, 3.8) is 0 Å². The second-order valence-electron chi connectivity index (χ2n) is 8.69. The molecule has 0 radical (unpaired) electrons. The van der Waals surface area contributed by atoms with E-state index in [0.717, 1.165) is 0 Å². The lowest BCUT2D eigenvalue weighted by molar-refractivity contribution is -0.138. The third-order valence-electron chi connectivity index (χ3n) is 6.40. The SMILES string of the molecule is Cn1ccnc1C(=O)Nc1ccc(C(=O)N2CCC(C(=O)N3CCNC(CO)C3)CC2)c(Cl)c1. The van der Waals surface area contributed by atoms with Gasteiger partial charge in [0.15, 0.2) is 5.82 Å². The molecule has 1 aromatic carbocycles. The third kappa shape index (κ3) is 5.24. The van der Waals surface area contributed by atoms with Crippen LogP contribution < -0.4 is 10.6 Å². The summed E-state index contributed by atoms with van der Waals surface area (Å²) in [4.78, 5) is 45.8. The van der Waals surface area contributed by atoms with Crippen LogP contribution in [0.1, 0.15) is 33.8 Å². The number of imidazole rings is 1. The maximum atomic E-state index is 13.1. The molecule has 0 saturated carbocycles. The van der Waals surface area contributed by atoms with Crippen molar-refractivity contribution in [1.82, 2.24) is 24.7 Å². The first kappa shape index (κ1) is 24.2. The molecular weight excluding hydrogens is 460 g/mol. The van der Waals surface area contributed by atoms with Gasteiger partial charge in [-0.15, -0.1) is 0 Å². The summed E-state index contributed by atoms with van der Waals surface area (Å²) in [6.07, 6.45) is 4.40. The average molecular weight is 489 g/mol. The molecule has 0 bridgehead atoms. The van der Waals surface area contributed by atoms with Gasteiger partial charge in [-0.1, -0.05) is 11.6 Å². The molecule has 34 heavy (non-hydrogen) atoms. The molecule has 1 unspecified atom stereocenters. The molecule has 2 aliphatic rings. The number of hydrogen-bond donors (Lipinski definition) is 3. The monoisotopic (exact) mass is 488 g/mol. The lowest BCUT2D eigenvalue weighted by Crippen LogP contribution is -2.56. The molecule has 182 valence electrons. The largest absolute Gasteiger partial charge is 0.395 e. The van der Waals surface area contributed by atoms with Gasteiger partial charge in [-0.05, 0) is 31.0 Å². The van der Waals surface area contributed by atoms with E-state index < -0.39 is 0 Å². The normalized spacial score (nSPS) is 19.2. The van der Waals surface area contributed by atoms with Crippen LogP contribution in [-0.2, 0) is 11.8 Å². The Bertz CT molecular complexity index is 1070. The Morgan fingerprint density at radius 2 is 1.97 bits per heavy atom. The Kier molecular flexibility index (Phi) is 7.50. The molecule has 0 spiro atoms. The lowest BCUT2D eigenvalue weighted by Gasteiger charge is -2.38. The molecule has 1 atom stereocenters. The summed E-state index contributed by atoms with van der Waals surface area (Å²) in [5, 5.41) is 15.5. The minimum Gasteiger partial charge on any atom is -0.395 e. The third-order valence-corrected chi connectivity index (χ3v) is 6.71. The van der Waals surface area contributed by atoms with Crippen molar-refractivity contribution in [2.24, 2.45) is 13.0 Å². The molecule has 3 N–H and O–H groups in total. The number of aromatic nitrogens is 2. The van der Waals surface area contributed by atoms with Gasteiger partial charge in [0.25, 0.3) is 11.8 Å². The molecule has 2 aromatic rings. The van der Waals surface area contributed by atoms with E-state index >= 15 is 0 Å². The Hall–Kier alpha value is -2.95. The Morgan fingerprint density at radius 3 is 2.62 bits per heavy atom. The van der Waals surface area contributed by atoms with E-state index in [1.165, 1.54) is 6.20 Å². The first-order valence-corrected chi connectivity index (χ1v) is 11.8. The van der Waals surface area contributed by atoms with E-state index in [1.54, 1.807) is 40.9 Å². The lowest BCUT2D eigenvalue weighted by atomic mass is 9.94. The minimum atomic E-state index is -0.371. The number of aliphatic hydroxyl groups excluding tert-OH is 1. The highest BCUT2D eigenvalue weighted by molar-refractivity contribution is 6.34. The zero-order valence-corrected chi connectivity index (χ0v) is 19.8. The maximum absolute atomic E-state index is 13.1. The molecule has 10 nitrogen and oxygen atoms in total. The fraction of sp³-hybridized carbons (Fsp3) is 0.478. The zero-order valence-electron chi connectivity index (χ0n) is 19.0. The summed E-state index contributed by atoms with van der Waals surface area (Å²) in [5.41, 5.74) is 0.824. The van der Waals surface area contributed by atoms with E-state index in [-0.39, 0.29) is 47.1 Å². The molecule has 4 rings (SSSR count). The fourth-order valence-electron chi connectivity index (χ4n) is 4.44. The van der Waals surface area contributed by atoms with E-state index in [4.69, 9.17) is 11.6 Å². The van der Waals surface area contributed by atoms with Gasteiger partial charge in [0.05, 0.1) is 17.2 Å². The number of nitrogens with zero attached hydrogens (tertiary/aromatic N) is 4. The number of halogens is 1. The number of rotatable bonds is 5. The summed E-state index contributed by atoms with van der Waals surface area (Å²) in [5.74, 6) is -0.329. The maximum Gasteiger partial charge on any atom is 0.291 e. The van der Waals surface area contributed by atoms with Crippen LogP contribution in [0.4, 0.5) is 5.69 Å². The number of benzene rings is 1. The first-order chi connectivity index (χ1) is 16.4. The van der Waals surface area contributed by atoms with E-state index in [0.29, 0.717) is 56.8 Å². The number of likely N-dealkylation sites (tertiary alicyclic amines) is 1. The first-order valence-electron chi connectivity index (χ1n) is 11.4. The van der Waals surface area contributed by atoms with Crippen LogP contribution in [-0.4, -0.2) is 87.6 Å². The number of anilines is 1. The van der Waals surface area contributed by atoms with Gasteiger partial charge in [-0.3, -0.25) is 14.4 Å². The molecule has 3 amide bonds. The van der Waals surface area contributed by atoms with Crippen molar-refractivity contribution in [2.75, 3.05) is 44.6 Å². The Balaban J connectivity index is 1.33. The molecule has 1 aromatic heterocycles. The number of piperazine rings is 1. The zero-order chi connectivity index (χ0) is 24.2. The standard InChI is InChI=1S/C23H29ClN6O4/c1-28-10-6-26-20(28)21(32)27-16-2-3-18(19(24)12-16)23(34)29-8-4-15(5-9-29)22(33)30-11-7-25-17(13-30)14-31/h2-3,6,10,12,15,17,25,31H,4-5,7-9,11,13-14H2,1H3,(H,27,32). The second-order valence-corrected chi connectivity index (χ2v) is 9.10. The van der Waals surface area contributed by atoms with E-state index in [1.807, 2.05) is 4.90 Å². The van der Waals surface area contributed by atoms with Crippen molar-refractivity contribution < 1.29 is 19.5 Å². The number of carbonyl (C=O) groups excluding carboxylic acids is 3. The summed E-state index contributed by atoms with van der Waals surface area (Å²) in [6, 6.07) is 4.70. The predicted octanol–water partition coefficient (Wildman–Crippen LogP) is 0.971. The summed E-state index contributed by atoms with van der Waals surface area (Å²) < 4.78 is 1.61. The molecule has 2 aliphatic heterocycles. The minimum absolute atomic E-state index is 0.00294. The predicted molar refractivity (Wildman–Crippen MR) is 127 cm³/mol. The summed E-state index contributed by atoms with van der Waals surface area (Å²) in [6.45, 7) is 2.76. The molecular formula is C23H29ClN6O4. The van der Waals surface area contributed by atoms with Crippen LogP contribution in [0.15, 0.2) is 30.6 Å². The topological polar surface area (TPSA) is 120 Å². The average Bonchev–Trinajstić information content (AvgIpc) is 3.29. The van der Waals surface area contributed by atoms with Gasteiger partial charge in [0, 0.05) is 69.8 Å². The number of nitrogens with one attached hydrogen (secondary N) is 2. The molecule has 3 heterocycles. The van der Waals surface area contributed by atoms with E-state index in [2.05, 4.69) is 15.6 Å². The van der Waals surface area contributed by atoms with Gasteiger partial charge in [0.1, 0.15) is 0 Å². The number of carbonyl (C=O) groups is 3. The van der Waals surface area contributed by atoms with Crippen LogP contribution in [0.2, 0.25) is 5.02 Å². The number of amides is 3. The van der Waals surface area contributed by atoms with Gasteiger partial charge < -0.3 is 30.1 Å². The number of aliphatic hydroxyl groups is 1. The summed E-state index contributed by atoms with van der Waals surface area (Å²) in [7, 11) is 1.73. The van der Waals surface area contributed by atoms with Gasteiger partial charge >= 0.3 is 0 Å². The van der Waals surface area contributed by atoms with Crippen LogP contribution in [0.3, 0.4) is 0 Å². The van der Waals surface area contributed by atoms with Crippen molar-refractivity contribution >= 4 is 35.0 Å². The Labute approximate surface area is 202 Å². The molecule has 2 saturated heterocycles. The highest BCUT2D eigenvalue weighted by Gasteiger charge is 2.33. The molecule has 11 heteroatoms. The Morgan fingerprint density at radius 1 is 1.21 bits per heavy atom.